The quantitative estimate of drug-likeness (QED) is 0.759. The van der Waals surface area contributed by atoms with Crippen molar-refractivity contribution in [3.63, 3.8) is 0 Å². The lowest BCUT2D eigenvalue weighted by Gasteiger charge is -2.21. The van der Waals surface area contributed by atoms with Crippen molar-refractivity contribution in [2.45, 2.75) is 26.2 Å². The van der Waals surface area contributed by atoms with Crippen LogP contribution in [0.2, 0.25) is 0 Å². The third-order valence-corrected chi connectivity index (χ3v) is 3.24. The molecule has 1 aromatic rings. The summed E-state index contributed by atoms with van der Waals surface area (Å²) >= 11 is 0. The zero-order chi connectivity index (χ0) is 15.7. The minimum absolute atomic E-state index is 0.0250. The normalized spacial score (nSPS) is 11.7. The van der Waals surface area contributed by atoms with Crippen LogP contribution in [0.15, 0.2) is 30.3 Å². The highest BCUT2D eigenvalue weighted by Crippen LogP contribution is 2.12. The van der Waals surface area contributed by atoms with Gasteiger partial charge < -0.3 is 14.7 Å². The Labute approximate surface area is 125 Å². The summed E-state index contributed by atoms with van der Waals surface area (Å²) in [6, 6.07) is 9.49. The number of hydrogen-bond donors (Lipinski definition) is 1. The second-order valence-electron chi connectivity index (χ2n) is 5.11. The molecule has 1 N–H and O–H groups in total. The Balaban J connectivity index is 2.25. The molecule has 1 amide bonds. The van der Waals surface area contributed by atoms with Crippen LogP contribution in [0.25, 0.3) is 0 Å². The highest BCUT2D eigenvalue weighted by Gasteiger charge is 2.17. The lowest BCUT2D eigenvalue weighted by atomic mass is 10.1. The van der Waals surface area contributed by atoms with Crippen molar-refractivity contribution in [1.29, 1.82) is 0 Å². The van der Waals surface area contributed by atoms with Crippen LogP contribution in [-0.2, 0) is 9.59 Å². The lowest BCUT2D eigenvalue weighted by molar-refractivity contribution is -0.138. The molecule has 1 atom stereocenters. The van der Waals surface area contributed by atoms with Gasteiger partial charge in [-0.1, -0.05) is 25.1 Å². The second-order valence-corrected chi connectivity index (χ2v) is 5.11. The van der Waals surface area contributed by atoms with Crippen molar-refractivity contribution < 1.29 is 19.4 Å². The standard InChI is InChI=1S/C16H23NO4/c1-13(10-12-21-14-7-4-3-5-8-14)16(20)17(2)11-6-9-15(18)19/h3-5,7-8,13H,6,9-12H2,1-2H3,(H,18,19). The first-order valence-electron chi connectivity index (χ1n) is 7.15. The topological polar surface area (TPSA) is 66.8 Å². The van der Waals surface area contributed by atoms with Crippen LogP contribution in [0.1, 0.15) is 26.2 Å². The molecular weight excluding hydrogens is 270 g/mol. The molecule has 5 heteroatoms. The molecule has 116 valence electrons. The van der Waals surface area contributed by atoms with Gasteiger partial charge in [-0.15, -0.1) is 0 Å². The lowest BCUT2D eigenvalue weighted by Crippen LogP contribution is -2.33. The number of para-hydroxylation sites is 1. The molecule has 1 unspecified atom stereocenters. The van der Waals surface area contributed by atoms with E-state index in [0.29, 0.717) is 26.0 Å². The molecule has 21 heavy (non-hydrogen) atoms. The van der Waals surface area contributed by atoms with Gasteiger partial charge in [-0.05, 0) is 25.0 Å². The molecule has 0 radical (unpaired) electrons. The summed E-state index contributed by atoms with van der Waals surface area (Å²) in [5.41, 5.74) is 0. The maximum Gasteiger partial charge on any atom is 0.303 e. The predicted octanol–water partition coefficient (Wildman–Crippen LogP) is 2.41. The molecule has 0 aromatic heterocycles. The summed E-state index contributed by atoms with van der Waals surface area (Å²) in [7, 11) is 1.71. The highest BCUT2D eigenvalue weighted by molar-refractivity contribution is 5.78. The summed E-state index contributed by atoms with van der Waals surface area (Å²) in [4.78, 5) is 24.1. The van der Waals surface area contributed by atoms with Gasteiger partial charge in [0.05, 0.1) is 6.61 Å². The fourth-order valence-corrected chi connectivity index (χ4v) is 1.95. The van der Waals surface area contributed by atoms with Gasteiger partial charge in [0.15, 0.2) is 0 Å². The van der Waals surface area contributed by atoms with Crippen molar-refractivity contribution in [2.75, 3.05) is 20.2 Å². The highest BCUT2D eigenvalue weighted by atomic mass is 16.5. The van der Waals surface area contributed by atoms with E-state index in [1.54, 1.807) is 11.9 Å². The van der Waals surface area contributed by atoms with Crippen molar-refractivity contribution in [3.8, 4) is 5.75 Å². The van der Waals surface area contributed by atoms with Crippen LogP contribution in [0.4, 0.5) is 0 Å². The number of carbonyl (C=O) groups excluding carboxylic acids is 1. The Morgan fingerprint density at radius 1 is 1.29 bits per heavy atom. The van der Waals surface area contributed by atoms with Gasteiger partial charge in [-0.3, -0.25) is 9.59 Å². The van der Waals surface area contributed by atoms with Crippen molar-refractivity contribution in [1.82, 2.24) is 4.90 Å². The molecule has 0 aliphatic rings. The Kier molecular flexibility index (Phi) is 7.29. The number of carboxylic acid groups (broad SMARTS) is 1. The number of carboxylic acids is 1. The predicted molar refractivity (Wildman–Crippen MR) is 80.2 cm³/mol. The third kappa shape index (κ3) is 6.79. The van der Waals surface area contributed by atoms with Gasteiger partial charge in [0.2, 0.25) is 5.91 Å². The number of carbonyl (C=O) groups is 2. The van der Waals surface area contributed by atoms with Gasteiger partial charge in [0.25, 0.3) is 0 Å². The fourth-order valence-electron chi connectivity index (χ4n) is 1.95. The number of benzene rings is 1. The van der Waals surface area contributed by atoms with Crippen LogP contribution in [0, 0.1) is 5.92 Å². The molecule has 0 bridgehead atoms. The third-order valence-electron chi connectivity index (χ3n) is 3.24. The molecule has 0 spiro atoms. The van der Waals surface area contributed by atoms with E-state index in [1.165, 1.54) is 0 Å². The molecule has 0 fully saturated rings. The first-order valence-corrected chi connectivity index (χ1v) is 7.15. The Bertz CT molecular complexity index is 447. The molecule has 0 saturated carbocycles. The minimum atomic E-state index is -0.833. The number of hydrogen-bond acceptors (Lipinski definition) is 3. The largest absolute Gasteiger partial charge is 0.494 e. The number of aliphatic carboxylic acids is 1. The van der Waals surface area contributed by atoms with Crippen LogP contribution in [0.5, 0.6) is 5.75 Å². The van der Waals surface area contributed by atoms with Crippen LogP contribution >= 0.6 is 0 Å². The van der Waals surface area contributed by atoms with Crippen molar-refractivity contribution in [2.24, 2.45) is 5.92 Å². The molecule has 1 rings (SSSR count). The van der Waals surface area contributed by atoms with Crippen molar-refractivity contribution >= 4 is 11.9 Å². The summed E-state index contributed by atoms with van der Waals surface area (Å²) in [5, 5.41) is 8.58. The van der Waals surface area contributed by atoms with E-state index in [-0.39, 0.29) is 18.2 Å². The van der Waals surface area contributed by atoms with Gasteiger partial charge in [-0.2, -0.15) is 0 Å². The van der Waals surface area contributed by atoms with E-state index in [2.05, 4.69) is 0 Å². The zero-order valence-electron chi connectivity index (χ0n) is 12.6. The minimum Gasteiger partial charge on any atom is -0.494 e. The maximum atomic E-state index is 12.1. The molecular formula is C16H23NO4. The summed E-state index contributed by atoms with van der Waals surface area (Å²) in [6.45, 7) is 2.82. The van der Waals surface area contributed by atoms with E-state index < -0.39 is 5.97 Å². The number of amides is 1. The Morgan fingerprint density at radius 3 is 2.57 bits per heavy atom. The molecule has 0 saturated heterocycles. The molecule has 0 aliphatic carbocycles. The molecule has 0 heterocycles. The number of rotatable bonds is 9. The SMILES string of the molecule is CC(CCOc1ccccc1)C(=O)N(C)CCCC(=O)O. The van der Waals surface area contributed by atoms with Crippen LogP contribution < -0.4 is 4.74 Å². The smallest absolute Gasteiger partial charge is 0.303 e. The average Bonchev–Trinajstić information content (AvgIpc) is 2.47. The second kappa shape index (κ2) is 9.00. The van der Waals surface area contributed by atoms with E-state index in [1.807, 2.05) is 37.3 Å². The van der Waals surface area contributed by atoms with Gasteiger partial charge in [0, 0.05) is 25.9 Å². The Hall–Kier alpha value is -2.04. The van der Waals surface area contributed by atoms with Gasteiger partial charge in [0.1, 0.15) is 5.75 Å². The monoisotopic (exact) mass is 293 g/mol. The summed E-state index contributed by atoms with van der Waals surface area (Å²) in [6.07, 6.45) is 1.20. The van der Waals surface area contributed by atoms with E-state index in [0.717, 1.165) is 5.75 Å². The Morgan fingerprint density at radius 2 is 1.95 bits per heavy atom. The fraction of sp³-hybridized carbons (Fsp3) is 0.500. The van der Waals surface area contributed by atoms with E-state index >= 15 is 0 Å². The van der Waals surface area contributed by atoms with Crippen LogP contribution in [-0.4, -0.2) is 42.1 Å². The van der Waals surface area contributed by atoms with Crippen LogP contribution in [0.3, 0.4) is 0 Å². The summed E-state index contributed by atoms with van der Waals surface area (Å²) in [5.74, 6) is -0.146. The first kappa shape index (κ1) is 17.0. The molecule has 5 nitrogen and oxygen atoms in total. The number of ether oxygens (including phenoxy) is 1. The first-order chi connectivity index (χ1) is 10.0. The maximum absolute atomic E-state index is 12.1. The zero-order valence-corrected chi connectivity index (χ0v) is 12.6. The molecule has 0 aliphatic heterocycles. The van der Waals surface area contributed by atoms with E-state index in [9.17, 15) is 9.59 Å². The van der Waals surface area contributed by atoms with Crippen molar-refractivity contribution in [3.05, 3.63) is 30.3 Å². The summed E-state index contributed by atoms with van der Waals surface area (Å²) < 4.78 is 5.57. The average molecular weight is 293 g/mol. The van der Waals surface area contributed by atoms with Gasteiger partial charge in [-0.25, -0.2) is 0 Å². The number of nitrogens with zero attached hydrogens (tertiary/aromatic N) is 1. The van der Waals surface area contributed by atoms with E-state index in [4.69, 9.17) is 9.84 Å². The molecule has 1 aromatic carbocycles. The van der Waals surface area contributed by atoms with Gasteiger partial charge >= 0.3 is 5.97 Å².